The molecule has 0 bridgehead atoms. The second kappa shape index (κ2) is 18.3. The monoisotopic (exact) mass is 977 g/mol. The van der Waals surface area contributed by atoms with E-state index in [0.717, 1.165) is 38.5 Å². The minimum atomic E-state index is -5.37. The molecule has 2 unspecified atom stereocenters. The van der Waals surface area contributed by atoms with Gasteiger partial charge in [-0.1, -0.05) is 0 Å². The second-order valence-electron chi connectivity index (χ2n) is 20.4. The van der Waals surface area contributed by atoms with Crippen molar-refractivity contribution in [3.63, 3.8) is 0 Å². The van der Waals surface area contributed by atoms with Crippen molar-refractivity contribution in [3.8, 4) is 44.5 Å². The molecule has 0 N–H and O–H groups in total. The Labute approximate surface area is 395 Å². The van der Waals surface area contributed by atoms with Crippen molar-refractivity contribution >= 4 is 35.1 Å². The van der Waals surface area contributed by atoms with Gasteiger partial charge in [-0.3, -0.25) is 0 Å². The van der Waals surface area contributed by atoms with Crippen LogP contribution < -0.4 is 0 Å². The summed E-state index contributed by atoms with van der Waals surface area (Å²) in [7, 11) is 18.9. The van der Waals surface area contributed by atoms with Crippen molar-refractivity contribution in [1.29, 1.82) is 0 Å². The molecule has 2 aliphatic carbocycles. The first kappa shape index (κ1) is 47.0. The third-order valence-electron chi connectivity index (χ3n) is 14.5. The summed E-state index contributed by atoms with van der Waals surface area (Å²) in [5.41, 5.74) is 29.0. The van der Waals surface area contributed by atoms with Gasteiger partial charge < -0.3 is 0 Å². The van der Waals surface area contributed by atoms with Crippen molar-refractivity contribution < 1.29 is 15.6 Å². The Morgan fingerprint density at radius 1 is 0.422 bits per heavy atom. The van der Waals surface area contributed by atoms with Crippen LogP contribution >= 0.6 is 17.0 Å². The van der Waals surface area contributed by atoms with Gasteiger partial charge in [0, 0.05) is 0 Å². The number of hydrogen-bond donors (Lipinski definition) is 0. The van der Waals surface area contributed by atoms with E-state index in [-0.39, 0.29) is 7.25 Å². The molecule has 0 aliphatic heterocycles. The van der Waals surface area contributed by atoms with Gasteiger partial charge >= 0.3 is 398 Å². The van der Waals surface area contributed by atoms with E-state index in [1.54, 1.807) is 0 Å². The van der Waals surface area contributed by atoms with Crippen LogP contribution in [0.25, 0.3) is 56.7 Å². The summed E-state index contributed by atoms with van der Waals surface area (Å²) >= 11 is -5.37. The van der Waals surface area contributed by atoms with Gasteiger partial charge in [0.15, 0.2) is 0 Å². The van der Waals surface area contributed by atoms with Gasteiger partial charge in [0.1, 0.15) is 0 Å². The van der Waals surface area contributed by atoms with E-state index in [0.29, 0.717) is 0 Å². The molecule has 64 heavy (non-hydrogen) atoms. The molecule has 2 aliphatic rings. The quantitative estimate of drug-likeness (QED) is 0.101. The average Bonchev–Trinajstić information content (AvgIpc) is 3.81. The summed E-state index contributed by atoms with van der Waals surface area (Å²) in [4.78, 5) is 0. The fraction of sp³-hybridized carbons (Fsp3) is 0.333. The molecule has 0 saturated heterocycles. The number of halogens is 2. The summed E-state index contributed by atoms with van der Waals surface area (Å²) in [6.07, 6.45) is 11.7. The molecule has 8 rings (SSSR count). The van der Waals surface area contributed by atoms with Gasteiger partial charge in [0.25, 0.3) is 0 Å². The number of unbranched alkanes of at least 4 members (excludes halogenated alkanes) is 2. The standard InChI is InChI=1S/2C29H31.C2H7Si.2ClH.Zr/c2*1-6-7-8-23-17-28-26(24-13-19(2)11-20(3)14-24)9-10-27(29(28)18-23)25-15-21(4)12-22(5)16-25;1-3-2;;;/h2*9-18H,6-8H2,1-5H3;3H,1-2H3;2*1H;/q;;;;;+2/p-2. The summed E-state index contributed by atoms with van der Waals surface area (Å²) in [5, 5.41) is 0. The van der Waals surface area contributed by atoms with Gasteiger partial charge in [-0.25, -0.2) is 0 Å². The third kappa shape index (κ3) is 8.53. The van der Waals surface area contributed by atoms with Gasteiger partial charge in [-0.2, -0.15) is 0 Å². The molecule has 0 saturated carbocycles. The Balaban J connectivity index is 1.52. The predicted molar refractivity (Wildman–Crippen MR) is 284 cm³/mol. The zero-order chi connectivity index (χ0) is 45.9. The van der Waals surface area contributed by atoms with Gasteiger partial charge in [0.05, 0.1) is 0 Å². The van der Waals surface area contributed by atoms with Crippen molar-refractivity contribution in [3.05, 3.63) is 175 Å². The van der Waals surface area contributed by atoms with E-state index >= 15 is 0 Å². The van der Waals surface area contributed by atoms with Gasteiger partial charge in [-0.15, -0.1) is 0 Å². The maximum absolute atomic E-state index is 9.44. The molecule has 6 aromatic rings. The average molecular weight is 980 g/mol. The van der Waals surface area contributed by atoms with E-state index in [2.05, 4.69) is 192 Å². The molecule has 2 atom stereocenters. The van der Waals surface area contributed by atoms with E-state index in [1.807, 2.05) is 0 Å². The predicted octanol–water partition coefficient (Wildman–Crippen LogP) is 18.8. The molecule has 4 heteroatoms. The number of allylic oxidation sites excluding steroid dienone is 2. The number of hydrogen-bond acceptors (Lipinski definition) is 0. The first-order valence-corrected chi connectivity index (χ1v) is 40.4. The molecule has 0 nitrogen and oxygen atoms in total. The topological polar surface area (TPSA) is 0 Å². The van der Waals surface area contributed by atoms with Crippen LogP contribution in [0, 0.1) is 55.4 Å². The van der Waals surface area contributed by atoms with Gasteiger partial charge in [0.2, 0.25) is 0 Å². The first-order valence-electron chi connectivity index (χ1n) is 24.1. The Hall–Kier alpha value is -3.52. The Morgan fingerprint density at radius 2 is 0.688 bits per heavy atom. The fourth-order valence-electron chi connectivity index (χ4n) is 11.9. The van der Waals surface area contributed by atoms with Crippen molar-refractivity contribution in [1.82, 2.24) is 0 Å². The Bertz CT molecular complexity index is 2600. The van der Waals surface area contributed by atoms with Gasteiger partial charge in [-0.05, 0) is 0 Å². The summed E-state index contributed by atoms with van der Waals surface area (Å²) < 4.78 is -0.0600. The van der Waals surface area contributed by atoms with Crippen LogP contribution in [-0.2, 0) is 15.6 Å². The van der Waals surface area contributed by atoms with Crippen LogP contribution in [0.5, 0.6) is 0 Å². The Kier molecular flexibility index (Phi) is 13.4. The van der Waals surface area contributed by atoms with Crippen LogP contribution in [-0.4, -0.2) is 5.92 Å². The van der Waals surface area contributed by atoms with Crippen molar-refractivity contribution in [2.75, 3.05) is 0 Å². The molecule has 6 aromatic carbocycles. The molecule has 0 fully saturated rings. The van der Waals surface area contributed by atoms with Crippen LogP contribution in [0.15, 0.2) is 108 Å². The van der Waals surface area contributed by atoms with E-state index in [1.165, 1.54) is 122 Å². The molecule has 331 valence electrons. The zero-order valence-corrected chi connectivity index (χ0v) is 45.7. The van der Waals surface area contributed by atoms with Crippen molar-refractivity contribution in [2.45, 2.75) is 128 Å². The van der Waals surface area contributed by atoms with Crippen LogP contribution in [0.4, 0.5) is 0 Å². The molecule has 0 heterocycles. The second-order valence-corrected chi connectivity index (χ2v) is 62.9. The SMILES string of the molecule is CCCCC1=Cc2c(-c3cc(C)cc(C)c3)ccc(-c3cc(C)cc(C)c3)c2[CH]1[Zr]([Cl])([Cl])([CH]1C(CCCC)=Cc2c(-c3cc(C)cc(C)c3)ccc(-c3cc(C)cc(C)c3)c21)[SiH](C)C. The summed E-state index contributed by atoms with van der Waals surface area (Å²) in [5.74, 6) is -1.91. The number of aryl methyl sites for hydroxylation is 8. The van der Waals surface area contributed by atoms with E-state index < -0.39 is 21.5 Å². The molecule has 0 amide bonds. The fourth-order valence-corrected chi connectivity index (χ4v) is 43.2. The normalized spacial score (nSPS) is 16.4. The molecular weight excluding hydrogens is 911 g/mol. The van der Waals surface area contributed by atoms with Crippen molar-refractivity contribution in [2.24, 2.45) is 0 Å². The molecule has 0 spiro atoms. The van der Waals surface area contributed by atoms with Crippen LogP contribution in [0.1, 0.15) is 126 Å². The Morgan fingerprint density at radius 3 is 0.953 bits per heavy atom. The first-order chi connectivity index (χ1) is 30.4. The minimum absolute atomic E-state index is 0.0300. The van der Waals surface area contributed by atoms with Crippen LogP contribution in [0.3, 0.4) is 0 Å². The summed E-state index contributed by atoms with van der Waals surface area (Å²) in [6, 6.07) is 37.9. The van der Waals surface area contributed by atoms with Crippen LogP contribution in [0.2, 0.25) is 13.1 Å². The maximum atomic E-state index is 9.44. The number of fused-ring (bicyclic) bond motifs is 2. The summed E-state index contributed by atoms with van der Waals surface area (Å²) in [6.45, 7) is 27.6. The number of benzene rings is 6. The molecule has 0 radical (unpaired) electrons. The zero-order valence-electron chi connectivity index (χ0n) is 40.6. The molecular formula is C60H69Cl2SiZr. The molecule has 0 aromatic heterocycles. The number of rotatable bonds is 13. The van der Waals surface area contributed by atoms with E-state index in [4.69, 9.17) is 0 Å². The third-order valence-corrected chi connectivity index (χ3v) is 66.3. The van der Waals surface area contributed by atoms with E-state index in [9.17, 15) is 17.0 Å².